The standard InChI is InChI=1S/C20H25ClN2O2/c1-4-5-6-15-12-22-19(23-13-15)16-7-9-17(10-8-16)25-20(24)18(21)11-14(2)3/h7-10,12-14,18H,4-6,11H2,1-3H3. The molecule has 0 N–H and O–H groups in total. The molecule has 25 heavy (non-hydrogen) atoms. The lowest BCUT2D eigenvalue weighted by Crippen LogP contribution is -2.22. The molecule has 0 saturated carbocycles. The van der Waals surface area contributed by atoms with Gasteiger partial charge in [0.2, 0.25) is 0 Å². The molecule has 0 saturated heterocycles. The minimum absolute atomic E-state index is 0.342. The fraction of sp³-hybridized carbons (Fsp3) is 0.450. The molecule has 1 heterocycles. The van der Waals surface area contributed by atoms with E-state index < -0.39 is 11.3 Å². The Morgan fingerprint density at radius 1 is 1.16 bits per heavy atom. The van der Waals surface area contributed by atoms with Gasteiger partial charge in [0, 0.05) is 18.0 Å². The molecule has 0 bridgehead atoms. The second kappa shape index (κ2) is 9.52. The van der Waals surface area contributed by atoms with E-state index in [2.05, 4.69) is 16.9 Å². The second-order valence-corrected chi connectivity index (χ2v) is 7.09. The highest BCUT2D eigenvalue weighted by molar-refractivity contribution is 6.30. The number of nitrogens with zero attached hydrogens (tertiary/aromatic N) is 2. The Morgan fingerprint density at radius 2 is 1.80 bits per heavy atom. The second-order valence-electron chi connectivity index (χ2n) is 6.56. The van der Waals surface area contributed by atoms with Crippen molar-refractivity contribution in [1.29, 1.82) is 0 Å². The monoisotopic (exact) mass is 360 g/mol. The summed E-state index contributed by atoms with van der Waals surface area (Å²) in [5.41, 5.74) is 2.03. The van der Waals surface area contributed by atoms with Gasteiger partial charge in [-0.05, 0) is 55.0 Å². The van der Waals surface area contributed by atoms with Gasteiger partial charge in [0.1, 0.15) is 11.1 Å². The highest BCUT2D eigenvalue weighted by Gasteiger charge is 2.19. The number of hydrogen-bond donors (Lipinski definition) is 0. The molecule has 0 aliphatic heterocycles. The first kappa shape index (κ1) is 19.4. The zero-order chi connectivity index (χ0) is 18.2. The van der Waals surface area contributed by atoms with Crippen molar-refractivity contribution in [3.63, 3.8) is 0 Å². The van der Waals surface area contributed by atoms with Crippen LogP contribution in [0.1, 0.15) is 45.6 Å². The molecule has 0 aliphatic rings. The molecule has 1 aromatic carbocycles. The van der Waals surface area contributed by atoms with Crippen LogP contribution in [0.25, 0.3) is 11.4 Å². The van der Waals surface area contributed by atoms with Crippen LogP contribution in [0.15, 0.2) is 36.7 Å². The molecular formula is C20H25ClN2O2. The molecule has 1 unspecified atom stereocenters. The van der Waals surface area contributed by atoms with Gasteiger partial charge in [-0.3, -0.25) is 4.79 Å². The van der Waals surface area contributed by atoms with Crippen LogP contribution in [0.4, 0.5) is 0 Å². The van der Waals surface area contributed by atoms with Crippen molar-refractivity contribution in [3.8, 4) is 17.1 Å². The van der Waals surface area contributed by atoms with E-state index in [1.54, 1.807) is 12.1 Å². The van der Waals surface area contributed by atoms with Crippen molar-refractivity contribution in [3.05, 3.63) is 42.2 Å². The molecule has 0 amide bonds. The Bertz CT molecular complexity index is 669. The SMILES string of the molecule is CCCCc1cnc(-c2ccc(OC(=O)C(Cl)CC(C)C)cc2)nc1. The number of benzene rings is 1. The van der Waals surface area contributed by atoms with E-state index >= 15 is 0 Å². The van der Waals surface area contributed by atoms with Gasteiger partial charge in [-0.25, -0.2) is 9.97 Å². The van der Waals surface area contributed by atoms with Crippen molar-refractivity contribution < 1.29 is 9.53 Å². The van der Waals surface area contributed by atoms with Crippen LogP contribution in [0.2, 0.25) is 0 Å². The molecule has 2 rings (SSSR count). The molecule has 1 atom stereocenters. The lowest BCUT2D eigenvalue weighted by molar-refractivity contribution is -0.134. The van der Waals surface area contributed by atoms with Gasteiger partial charge < -0.3 is 4.74 Å². The van der Waals surface area contributed by atoms with Gasteiger partial charge in [-0.2, -0.15) is 0 Å². The summed E-state index contributed by atoms with van der Waals surface area (Å²) in [6.07, 6.45) is 7.63. The average molecular weight is 361 g/mol. The number of carbonyl (C=O) groups excluding carboxylic acids is 1. The van der Waals surface area contributed by atoms with Crippen LogP contribution in [0.5, 0.6) is 5.75 Å². The quantitative estimate of drug-likeness (QED) is 0.375. The zero-order valence-electron chi connectivity index (χ0n) is 15.0. The predicted octanol–water partition coefficient (Wildman–Crippen LogP) is 5.05. The van der Waals surface area contributed by atoms with Gasteiger partial charge >= 0.3 is 5.97 Å². The number of unbranched alkanes of at least 4 members (excludes halogenated alkanes) is 1. The van der Waals surface area contributed by atoms with Crippen molar-refractivity contribution in [1.82, 2.24) is 9.97 Å². The number of ether oxygens (including phenoxy) is 1. The summed E-state index contributed by atoms with van der Waals surface area (Å²) in [5.74, 6) is 1.06. The number of halogens is 1. The zero-order valence-corrected chi connectivity index (χ0v) is 15.8. The van der Waals surface area contributed by atoms with E-state index in [0.717, 1.165) is 30.4 Å². The molecule has 0 fully saturated rings. The van der Waals surface area contributed by atoms with Crippen molar-refractivity contribution >= 4 is 17.6 Å². The summed E-state index contributed by atoms with van der Waals surface area (Å²) in [6, 6.07) is 7.16. The van der Waals surface area contributed by atoms with Crippen molar-refractivity contribution in [2.75, 3.05) is 0 Å². The Kier molecular flexibility index (Phi) is 7.38. The molecular weight excluding hydrogens is 336 g/mol. The van der Waals surface area contributed by atoms with E-state index in [0.29, 0.717) is 23.9 Å². The lowest BCUT2D eigenvalue weighted by Gasteiger charge is -2.11. The van der Waals surface area contributed by atoms with E-state index in [4.69, 9.17) is 16.3 Å². The maximum Gasteiger partial charge on any atom is 0.329 e. The molecule has 2 aromatic rings. The fourth-order valence-corrected chi connectivity index (χ4v) is 2.78. The molecule has 0 spiro atoms. The first-order valence-electron chi connectivity index (χ1n) is 8.76. The summed E-state index contributed by atoms with van der Waals surface area (Å²) in [5, 5.41) is -0.626. The average Bonchev–Trinajstić information content (AvgIpc) is 2.60. The molecule has 1 aromatic heterocycles. The van der Waals surface area contributed by atoms with Crippen LogP contribution in [-0.2, 0) is 11.2 Å². The Balaban J connectivity index is 1.98. The van der Waals surface area contributed by atoms with E-state index in [9.17, 15) is 4.79 Å². The van der Waals surface area contributed by atoms with Crippen LogP contribution in [-0.4, -0.2) is 21.3 Å². The molecule has 134 valence electrons. The third-order valence-electron chi connectivity index (χ3n) is 3.79. The first-order chi connectivity index (χ1) is 12.0. The minimum atomic E-state index is -0.626. The van der Waals surface area contributed by atoms with E-state index in [1.165, 1.54) is 0 Å². The van der Waals surface area contributed by atoms with Crippen LogP contribution >= 0.6 is 11.6 Å². The number of esters is 1. The minimum Gasteiger partial charge on any atom is -0.425 e. The summed E-state index contributed by atoms with van der Waals surface area (Å²) in [7, 11) is 0. The normalized spacial score (nSPS) is 12.2. The summed E-state index contributed by atoms with van der Waals surface area (Å²) in [6.45, 7) is 6.20. The van der Waals surface area contributed by atoms with Gasteiger partial charge in [0.25, 0.3) is 0 Å². The summed E-state index contributed by atoms with van der Waals surface area (Å²) < 4.78 is 5.32. The van der Waals surface area contributed by atoms with E-state index in [1.807, 2.05) is 38.4 Å². The molecule has 0 aliphatic carbocycles. The smallest absolute Gasteiger partial charge is 0.329 e. The third-order valence-corrected chi connectivity index (χ3v) is 4.15. The predicted molar refractivity (Wildman–Crippen MR) is 101 cm³/mol. The van der Waals surface area contributed by atoms with Gasteiger partial charge in [-0.15, -0.1) is 11.6 Å². The Labute approximate surface area is 154 Å². The maximum atomic E-state index is 11.9. The van der Waals surface area contributed by atoms with E-state index in [-0.39, 0.29) is 0 Å². The van der Waals surface area contributed by atoms with Crippen molar-refractivity contribution in [2.24, 2.45) is 5.92 Å². The number of hydrogen-bond acceptors (Lipinski definition) is 4. The number of aromatic nitrogens is 2. The van der Waals surface area contributed by atoms with Gasteiger partial charge in [0.15, 0.2) is 5.82 Å². The van der Waals surface area contributed by atoms with Crippen LogP contribution in [0, 0.1) is 5.92 Å². The lowest BCUT2D eigenvalue weighted by atomic mass is 10.1. The largest absolute Gasteiger partial charge is 0.425 e. The number of rotatable bonds is 8. The fourth-order valence-electron chi connectivity index (χ4n) is 2.38. The Morgan fingerprint density at radius 3 is 2.36 bits per heavy atom. The highest BCUT2D eigenvalue weighted by atomic mass is 35.5. The molecule has 5 heteroatoms. The number of carbonyl (C=O) groups is 1. The summed E-state index contributed by atoms with van der Waals surface area (Å²) in [4.78, 5) is 20.8. The number of aryl methyl sites for hydroxylation is 1. The van der Waals surface area contributed by atoms with Crippen LogP contribution in [0.3, 0.4) is 0 Å². The molecule has 4 nitrogen and oxygen atoms in total. The number of alkyl halides is 1. The Hall–Kier alpha value is -1.94. The topological polar surface area (TPSA) is 52.1 Å². The summed E-state index contributed by atoms with van der Waals surface area (Å²) >= 11 is 6.06. The highest BCUT2D eigenvalue weighted by Crippen LogP contribution is 2.21. The van der Waals surface area contributed by atoms with Crippen molar-refractivity contribution in [2.45, 2.75) is 51.8 Å². The van der Waals surface area contributed by atoms with Gasteiger partial charge in [0.05, 0.1) is 0 Å². The molecule has 0 radical (unpaired) electrons. The van der Waals surface area contributed by atoms with Crippen LogP contribution < -0.4 is 4.74 Å². The first-order valence-corrected chi connectivity index (χ1v) is 9.20. The maximum absolute atomic E-state index is 11.9. The third kappa shape index (κ3) is 6.13. The van der Waals surface area contributed by atoms with Gasteiger partial charge in [-0.1, -0.05) is 27.2 Å².